The van der Waals surface area contributed by atoms with E-state index in [1.807, 2.05) is 6.92 Å². The molecule has 20 heavy (non-hydrogen) atoms. The Kier molecular flexibility index (Phi) is 5.60. The normalized spacial score (nSPS) is 13.2. The van der Waals surface area contributed by atoms with Gasteiger partial charge in [-0.15, -0.1) is 0 Å². The average Bonchev–Trinajstić information content (AvgIpc) is 2.36. The molecule has 0 fully saturated rings. The standard InChI is InChI=1S/C15H20F3NO/c1-3-4-5-7-10(2)13-11(14(19)20)8-6-9-12(13)15(16,17)18/h6,8-10H,3-5,7H2,1-2H3,(H2,19,20). The van der Waals surface area contributed by atoms with Gasteiger partial charge in [0.1, 0.15) is 0 Å². The van der Waals surface area contributed by atoms with Crippen LogP contribution in [0.3, 0.4) is 0 Å². The van der Waals surface area contributed by atoms with E-state index in [1.54, 1.807) is 6.92 Å². The first-order valence-electron chi connectivity index (χ1n) is 6.79. The van der Waals surface area contributed by atoms with Gasteiger partial charge in [0, 0.05) is 5.56 Å². The summed E-state index contributed by atoms with van der Waals surface area (Å²) in [4.78, 5) is 11.4. The van der Waals surface area contributed by atoms with Gasteiger partial charge >= 0.3 is 6.18 Å². The molecule has 0 spiro atoms. The largest absolute Gasteiger partial charge is 0.416 e. The predicted molar refractivity (Wildman–Crippen MR) is 72.5 cm³/mol. The Bertz CT molecular complexity index is 469. The van der Waals surface area contributed by atoms with Gasteiger partial charge in [-0.2, -0.15) is 13.2 Å². The number of hydrogen-bond acceptors (Lipinski definition) is 1. The summed E-state index contributed by atoms with van der Waals surface area (Å²) >= 11 is 0. The highest BCUT2D eigenvalue weighted by molar-refractivity contribution is 5.95. The Hall–Kier alpha value is -1.52. The number of unbranched alkanes of at least 4 members (excludes halogenated alkanes) is 2. The molecule has 0 saturated heterocycles. The second-order valence-electron chi connectivity index (χ2n) is 5.03. The highest BCUT2D eigenvalue weighted by atomic mass is 19.4. The topological polar surface area (TPSA) is 43.1 Å². The molecule has 0 aromatic heterocycles. The van der Waals surface area contributed by atoms with Gasteiger partial charge in [0.05, 0.1) is 5.56 Å². The SMILES string of the molecule is CCCCCC(C)c1c(C(N)=O)cccc1C(F)(F)F. The Morgan fingerprint density at radius 2 is 1.95 bits per heavy atom. The summed E-state index contributed by atoms with van der Waals surface area (Å²) in [5, 5.41) is 0. The molecule has 0 aliphatic heterocycles. The van der Waals surface area contributed by atoms with Crippen molar-refractivity contribution in [2.45, 2.75) is 51.6 Å². The van der Waals surface area contributed by atoms with E-state index in [0.29, 0.717) is 6.42 Å². The van der Waals surface area contributed by atoms with Crippen molar-refractivity contribution in [3.63, 3.8) is 0 Å². The van der Waals surface area contributed by atoms with Crippen LogP contribution in [0.15, 0.2) is 18.2 Å². The summed E-state index contributed by atoms with van der Waals surface area (Å²) in [6, 6.07) is 3.60. The minimum atomic E-state index is -4.47. The van der Waals surface area contributed by atoms with Crippen molar-refractivity contribution in [1.29, 1.82) is 0 Å². The van der Waals surface area contributed by atoms with E-state index >= 15 is 0 Å². The molecular formula is C15H20F3NO. The molecule has 2 nitrogen and oxygen atoms in total. The Morgan fingerprint density at radius 3 is 2.45 bits per heavy atom. The molecule has 0 bridgehead atoms. The van der Waals surface area contributed by atoms with E-state index in [2.05, 4.69) is 0 Å². The fraction of sp³-hybridized carbons (Fsp3) is 0.533. The molecule has 2 N–H and O–H groups in total. The molecule has 1 rings (SSSR count). The molecule has 0 aliphatic rings. The first-order valence-corrected chi connectivity index (χ1v) is 6.79. The van der Waals surface area contributed by atoms with Crippen LogP contribution in [-0.2, 0) is 6.18 Å². The average molecular weight is 287 g/mol. The smallest absolute Gasteiger partial charge is 0.366 e. The van der Waals surface area contributed by atoms with Crippen LogP contribution in [0.25, 0.3) is 0 Å². The maximum atomic E-state index is 13.1. The first-order chi connectivity index (χ1) is 9.29. The summed E-state index contributed by atoms with van der Waals surface area (Å²) in [6.45, 7) is 3.75. The number of rotatable bonds is 6. The number of nitrogens with two attached hydrogens (primary N) is 1. The van der Waals surface area contributed by atoms with Crippen LogP contribution in [-0.4, -0.2) is 5.91 Å². The van der Waals surface area contributed by atoms with Gasteiger partial charge in [-0.3, -0.25) is 4.79 Å². The van der Waals surface area contributed by atoms with Crippen molar-refractivity contribution in [1.82, 2.24) is 0 Å². The minimum Gasteiger partial charge on any atom is -0.366 e. The van der Waals surface area contributed by atoms with E-state index in [1.165, 1.54) is 12.1 Å². The van der Waals surface area contributed by atoms with Crippen molar-refractivity contribution in [3.05, 3.63) is 34.9 Å². The second-order valence-corrected chi connectivity index (χ2v) is 5.03. The van der Waals surface area contributed by atoms with Crippen LogP contribution in [0, 0.1) is 0 Å². The van der Waals surface area contributed by atoms with Crippen LogP contribution in [0.4, 0.5) is 13.2 Å². The van der Waals surface area contributed by atoms with E-state index in [9.17, 15) is 18.0 Å². The Balaban J connectivity index is 3.21. The summed E-state index contributed by atoms with van der Waals surface area (Å²) in [5.74, 6) is -1.16. The van der Waals surface area contributed by atoms with Crippen LogP contribution in [0.2, 0.25) is 0 Å². The van der Waals surface area contributed by atoms with Gasteiger partial charge < -0.3 is 5.73 Å². The summed E-state index contributed by atoms with van der Waals surface area (Å²) < 4.78 is 39.3. The number of alkyl halides is 3. The maximum Gasteiger partial charge on any atom is 0.416 e. The van der Waals surface area contributed by atoms with Crippen molar-refractivity contribution in [2.24, 2.45) is 5.73 Å². The Labute approximate surface area is 117 Å². The quantitative estimate of drug-likeness (QED) is 0.770. The highest BCUT2D eigenvalue weighted by Crippen LogP contribution is 2.38. The van der Waals surface area contributed by atoms with Crippen LogP contribution in [0.1, 0.15) is 66.9 Å². The molecule has 112 valence electrons. The molecule has 1 aromatic carbocycles. The number of carbonyl (C=O) groups is 1. The number of amides is 1. The third-order valence-electron chi connectivity index (χ3n) is 3.41. The number of hydrogen-bond donors (Lipinski definition) is 1. The molecule has 0 aliphatic carbocycles. The number of halogens is 3. The fourth-order valence-electron chi connectivity index (χ4n) is 2.40. The van der Waals surface area contributed by atoms with E-state index in [4.69, 9.17) is 5.73 Å². The maximum absolute atomic E-state index is 13.1. The molecule has 1 aromatic rings. The van der Waals surface area contributed by atoms with E-state index in [0.717, 1.165) is 25.3 Å². The molecule has 0 heterocycles. The number of primary amides is 1. The van der Waals surface area contributed by atoms with Crippen molar-refractivity contribution in [3.8, 4) is 0 Å². The van der Waals surface area contributed by atoms with Crippen LogP contribution in [0.5, 0.6) is 0 Å². The van der Waals surface area contributed by atoms with Crippen molar-refractivity contribution >= 4 is 5.91 Å². The van der Waals surface area contributed by atoms with Gasteiger partial charge in [-0.05, 0) is 30.0 Å². The monoisotopic (exact) mass is 287 g/mol. The zero-order valence-corrected chi connectivity index (χ0v) is 11.8. The first kappa shape index (κ1) is 16.5. The van der Waals surface area contributed by atoms with E-state index in [-0.39, 0.29) is 17.0 Å². The van der Waals surface area contributed by atoms with Crippen molar-refractivity contribution in [2.75, 3.05) is 0 Å². The second kappa shape index (κ2) is 6.77. The fourth-order valence-corrected chi connectivity index (χ4v) is 2.40. The summed E-state index contributed by atoms with van der Waals surface area (Å²) in [7, 11) is 0. The van der Waals surface area contributed by atoms with Crippen LogP contribution >= 0.6 is 0 Å². The lowest BCUT2D eigenvalue weighted by molar-refractivity contribution is -0.138. The summed E-state index contributed by atoms with van der Waals surface area (Å²) in [6.07, 6.45) is -1.07. The zero-order chi connectivity index (χ0) is 15.3. The third-order valence-corrected chi connectivity index (χ3v) is 3.41. The Morgan fingerprint density at radius 1 is 1.30 bits per heavy atom. The zero-order valence-electron chi connectivity index (χ0n) is 11.8. The predicted octanol–water partition coefficient (Wildman–Crippen LogP) is 4.49. The third kappa shape index (κ3) is 3.99. The highest BCUT2D eigenvalue weighted by Gasteiger charge is 2.36. The van der Waals surface area contributed by atoms with E-state index < -0.39 is 17.6 Å². The minimum absolute atomic E-state index is 0.0242. The molecule has 1 atom stereocenters. The molecular weight excluding hydrogens is 267 g/mol. The van der Waals surface area contributed by atoms with Gasteiger partial charge in [-0.1, -0.05) is 39.2 Å². The summed E-state index contributed by atoms with van der Waals surface area (Å²) in [5.41, 5.74) is 4.47. The number of benzene rings is 1. The molecule has 0 saturated carbocycles. The lowest BCUT2D eigenvalue weighted by Gasteiger charge is -2.21. The number of carbonyl (C=O) groups excluding carboxylic acids is 1. The molecule has 1 amide bonds. The molecule has 5 heteroatoms. The lowest BCUT2D eigenvalue weighted by Crippen LogP contribution is -2.20. The molecule has 0 radical (unpaired) electrons. The van der Waals surface area contributed by atoms with Gasteiger partial charge in [0.15, 0.2) is 0 Å². The van der Waals surface area contributed by atoms with Gasteiger partial charge in [-0.25, -0.2) is 0 Å². The lowest BCUT2D eigenvalue weighted by atomic mass is 9.87. The van der Waals surface area contributed by atoms with Crippen LogP contribution < -0.4 is 5.73 Å². The van der Waals surface area contributed by atoms with Gasteiger partial charge in [0.25, 0.3) is 0 Å². The molecule has 1 unspecified atom stereocenters. The van der Waals surface area contributed by atoms with Crippen molar-refractivity contribution < 1.29 is 18.0 Å². The van der Waals surface area contributed by atoms with Gasteiger partial charge in [0.2, 0.25) is 5.91 Å².